The molecule has 2 aromatic carbocycles. The zero-order valence-corrected chi connectivity index (χ0v) is 13.3. The Labute approximate surface area is 135 Å². The van der Waals surface area contributed by atoms with E-state index >= 15 is 0 Å². The number of halogens is 4. The van der Waals surface area contributed by atoms with Crippen molar-refractivity contribution in [3.63, 3.8) is 0 Å². The Morgan fingerprint density at radius 1 is 1.00 bits per heavy atom. The van der Waals surface area contributed by atoms with Gasteiger partial charge < -0.3 is 5.73 Å². The Morgan fingerprint density at radius 3 is 2.10 bits per heavy atom. The van der Waals surface area contributed by atoms with E-state index in [1.54, 1.807) is 0 Å². The monoisotopic (exact) mass is 368 g/mol. The van der Waals surface area contributed by atoms with Crippen LogP contribution in [0.15, 0.2) is 35.2 Å². The van der Waals surface area contributed by atoms with Gasteiger partial charge in [-0.3, -0.25) is 4.72 Å². The van der Waals surface area contributed by atoms with Crippen molar-refractivity contribution in [1.29, 1.82) is 0 Å². The lowest BCUT2D eigenvalue weighted by atomic mass is 10.3. The molecule has 0 fully saturated rings. The maximum Gasteiger partial charge on any atom is 0.263 e. The van der Waals surface area contributed by atoms with E-state index in [0.29, 0.717) is 5.69 Å². The predicted molar refractivity (Wildman–Crippen MR) is 83.1 cm³/mol. The summed E-state index contributed by atoms with van der Waals surface area (Å²) in [5.74, 6) is -0.827. The van der Waals surface area contributed by atoms with Crippen LogP contribution < -0.4 is 10.5 Å². The molecule has 0 aliphatic heterocycles. The van der Waals surface area contributed by atoms with E-state index in [9.17, 15) is 12.8 Å². The number of rotatable bonds is 3. The summed E-state index contributed by atoms with van der Waals surface area (Å²) in [6.07, 6.45) is 0. The minimum atomic E-state index is -3.98. The molecule has 4 nitrogen and oxygen atoms in total. The molecule has 2 aromatic rings. The highest BCUT2D eigenvalue weighted by Gasteiger charge is 2.19. The van der Waals surface area contributed by atoms with Crippen molar-refractivity contribution in [2.45, 2.75) is 4.90 Å². The molecule has 0 heterocycles. The molecule has 21 heavy (non-hydrogen) atoms. The number of nitrogen functional groups attached to an aromatic ring is 1. The smallest absolute Gasteiger partial charge is 0.263 e. The van der Waals surface area contributed by atoms with Crippen LogP contribution in [0.25, 0.3) is 0 Å². The van der Waals surface area contributed by atoms with Crippen LogP contribution >= 0.6 is 34.8 Å². The number of nitrogens with two attached hydrogens (primary N) is 1. The lowest BCUT2D eigenvalue weighted by Crippen LogP contribution is -2.13. The van der Waals surface area contributed by atoms with Crippen molar-refractivity contribution in [1.82, 2.24) is 0 Å². The molecule has 2 rings (SSSR count). The van der Waals surface area contributed by atoms with Crippen LogP contribution in [0.2, 0.25) is 15.1 Å². The lowest BCUT2D eigenvalue weighted by Gasteiger charge is -2.11. The second kappa shape index (κ2) is 5.88. The fourth-order valence-corrected chi connectivity index (χ4v) is 3.64. The van der Waals surface area contributed by atoms with Gasteiger partial charge in [0.15, 0.2) is 5.82 Å². The van der Waals surface area contributed by atoms with E-state index in [0.717, 1.165) is 12.1 Å². The molecule has 0 amide bonds. The molecule has 0 aromatic heterocycles. The maximum atomic E-state index is 13.3. The highest BCUT2D eigenvalue weighted by molar-refractivity contribution is 7.92. The quantitative estimate of drug-likeness (QED) is 0.630. The first-order valence-corrected chi connectivity index (χ1v) is 8.05. The highest BCUT2D eigenvalue weighted by Crippen LogP contribution is 2.30. The Kier molecular flexibility index (Phi) is 4.53. The van der Waals surface area contributed by atoms with Crippen LogP contribution in [0.1, 0.15) is 0 Å². The normalized spacial score (nSPS) is 11.4. The molecule has 112 valence electrons. The summed E-state index contributed by atoms with van der Waals surface area (Å²) in [6.45, 7) is 0. The first kappa shape index (κ1) is 16.2. The highest BCUT2D eigenvalue weighted by atomic mass is 35.5. The van der Waals surface area contributed by atoms with Crippen molar-refractivity contribution >= 4 is 56.2 Å². The molecular formula is C12H8Cl3FN2O2S. The van der Waals surface area contributed by atoms with Gasteiger partial charge in [0.05, 0.1) is 20.8 Å². The fourth-order valence-electron chi connectivity index (χ4n) is 1.56. The SMILES string of the molecule is Nc1ccc(S(=O)(=O)Nc2cc(Cl)c(F)c(Cl)c2)c(Cl)c1. The first-order valence-electron chi connectivity index (χ1n) is 5.43. The van der Waals surface area contributed by atoms with Gasteiger partial charge in [-0.1, -0.05) is 34.8 Å². The first-order chi connectivity index (χ1) is 9.70. The molecule has 0 aliphatic rings. The number of hydrogen-bond acceptors (Lipinski definition) is 3. The third-order valence-corrected chi connectivity index (χ3v) is 4.90. The Balaban J connectivity index is 2.42. The molecule has 0 bridgehead atoms. The predicted octanol–water partition coefficient (Wildman–Crippen LogP) is 4.17. The van der Waals surface area contributed by atoms with E-state index in [4.69, 9.17) is 40.5 Å². The fraction of sp³-hybridized carbons (Fsp3) is 0. The van der Waals surface area contributed by atoms with Gasteiger partial charge in [0.25, 0.3) is 10.0 Å². The summed E-state index contributed by atoms with van der Waals surface area (Å²) in [5, 5.41) is -0.644. The van der Waals surface area contributed by atoms with Crippen molar-refractivity contribution < 1.29 is 12.8 Å². The topological polar surface area (TPSA) is 72.2 Å². The van der Waals surface area contributed by atoms with E-state index in [1.165, 1.54) is 18.2 Å². The summed E-state index contributed by atoms with van der Waals surface area (Å²) in [4.78, 5) is -0.171. The van der Waals surface area contributed by atoms with Crippen molar-refractivity contribution in [3.8, 4) is 0 Å². The average Bonchev–Trinajstić information content (AvgIpc) is 2.34. The van der Waals surface area contributed by atoms with E-state index in [1.807, 2.05) is 0 Å². The van der Waals surface area contributed by atoms with Crippen LogP contribution in [-0.2, 0) is 10.0 Å². The van der Waals surface area contributed by atoms with E-state index in [-0.39, 0.29) is 25.7 Å². The third kappa shape index (κ3) is 3.52. The number of benzene rings is 2. The summed E-state index contributed by atoms with van der Waals surface area (Å²) >= 11 is 17.1. The second-order valence-corrected chi connectivity index (χ2v) is 6.92. The number of nitrogens with one attached hydrogen (secondary N) is 1. The summed E-state index contributed by atoms with van der Waals surface area (Å²) in [5.41, 5.74) is 5.84. The summed E-state index contributed by atoms with van der Waals surface area (Å²) in [6, 6.07) is 6.16. The number of sulfonamides is 1. The molecule has 0 saturated carbocycles. The van der Waals surface area contributed by atoms with Gasteiger partial charge in [0, 0.05) is 5.69 Å². The molecule has 0 aliphatic carbocycles. The largest absolute Gasteiger partial charge is 0.399 e. The second-order valence-electron chi connectivity index (χ2n) is 4.05. The van der Waals surface area contributed by atoms with Gasteiger partial charge in [-0.15, -0.1) is 0 Å². The third-order valence-electron chi connectivity index (χ3n) is 2.48. The maximum absolute atomic E-state index is 13.3. The van der Waals surface area contributed by atoms with Crippen LogP contribution in [0, 0.1) is 5.82 Å². The molecule has 0 radical (unpaired) electrons. The summed E-state index contributed by atoms with van der Waals surface area (Å²) < 4.78 is 40.0. The van der Waals surface area contributed by atoms with Gasteiger partial charge in [-0.25, -0.2) is 12.8 Å². The van der Waals surface area contributed by atoms with Crippen LogP contribution in [0.3, 0.4) is 0 Å². The minimum absolute atomic E-state index is 0.0132. The van der Waals surface area contributed by atoms with Gasteiger partial charge in [0.2, 0.25) is 0 Å². The Hall–Kier alpha value is -1.21. The van der Waals surface area contributed by atoms with Gasteiger partial charge in [0.1, 0.15) is 4.90 Å². The van der Waals surface area contributed by atoms with Crippen LogP contribution in [0.5, 0.6) is 0 Å². The average molecular weight is 370 g/mol. The molecule has 0 unspecified atom stereocenters. The summed E-state index contributed by atoms with van der Waals surface area (Å²) in [7, 11) is -3.98. The van der Waals surface area contributed by atoms with Crippen molar-refractivity contribution in [3.05, 3.63) is 51.2 Å². The number of hydrogen-bond donors (Lipinski definition) is 2. The Morgan fingerprint density at radius 2 is 1.57 bits per heavy atom. The molecule has 0 spiro atoms. The van der Waals surface area contributed by atoms with Crippen LogP contribution in [-0.4, -0.2) is 8.42 Å². The van der Waals surface area contributed by atoms with E-state index < -0.39 is 15.8 Å². The zero-order valence-electron chi connectivity index (χ0n) is 10.2. The van der Waals surface area contributed by atoms with Crippen LogP contribution in [0.4, 0.5) is 15.8 Å². The van der Waals surface area contributed by atoms with Crippen molar-refractivity contribution in [2.75, 3.05) is 10.5 Å². The molecule has 3 N–H and O–H groups in total. The van der Waals surface area contributed by atoms with Crippen molar-refractivity contribution in [2.24, 2.45) is 0 Å². The molecular weight excluding hydrogens is 362 g/mol. The molecule has 0 atom stereocenters. The van der Waals surface area contributed by atoms with Gasteiger partial charge in [-0.05, 0) is 30.3 Å². The van der Waals surface area contributed by atoms with Gasteiger partial charge >= 0.3 is 0 Å². The molecule has 9 heteroatoms. The Bertz CT molecular complexity index is 789. The zero-order chi connectivity index (χ0) is 15.8. The lowest BCUT2D eigenvalue weighted by molar-refractivity contribution is 0.601. The standard InChI is InChI=1S/C12H8Cl3FN2O2S/c13-8-3-6(17)1-2-11(8)21(19,20)18-7-4-9(14)12(16)10(15)5-7/h1-5,18H,17H2. The number of anilines is 2. The molecule has 0 saturated heterocycles. The van der Waals surface area contributed by atoms with E-state index in [2.05, 4.69) is 4.72 Å². The van der Waals surface area contributed by atoms with Gasteiger partial charge in [-0.2, -0.15) is 0 Å². The minimum Gasteiger partial charge on any atom is -0.399 e.